The van der Waals surface area contributed by atoms with Crippen LogP contribution in [0.2, 0.25) is 0 Å². The monoisotopic (exact) mass is 184 g/mol. The third-order valence-electron chi connectivity index (χ3n) is 1.74. The molecule has 0 saturated carbocycles. The van der Waals surface area contributed by atoms with Crippen LogP contribution in [0.25, 0.3) is 0 Å². The standard InChI is InChI=1S/C9H16N2S/c1-2-3-4-9-11-8(5-6-10)7-12-9/h7H,2-6,10H2,1H3. The maximum Gasteiger partial charge on any atom is 0.0928 e. The number of hydrogen-bond acceptors (Lipinski definition) is 3. The van der Waals surface area contributed by atoms with Crippen LogP contribution in [-0.2, 0) is 12.8 Å². The van der Waals surface area contributed by atoms with Gasteiger partial charge in [-0.05, 0) is 19.4 Å². The topological polar surface area (TPSA) is 38.9 Å². The third-order valence-corrected chi connectivity index (χ3v) is 2.70. The molecule has 0 aliphatic carbocycles. The van der Waals surface area contributed by atoms with Crippen molar-refractivity contribution in [3.63, 3.8) is 0 Å². The van der Waals surface area contributed by atoms with Gasteiger partial charge in [0.15, 0.2) is 0 Å². The molecule has 0 bridgehead atoms. The van der Waals surface area contributed by atoms with Gasteiger partial charge < -0.3 is 5.73 Å². The van der Waals surface area contributed by atoms with E-state index in [4.69, 9.17) is 5.73 Å². The molecule has 0 fully saturated rings. The highest BCUT2D eigenvalue weighted by Crippen LogP contribution is 2.12. The van der Waals surface area contributed by atoms with Crippen LogP contribution in [0.1, 0.15) is 30.5 Å². The second-order valence-electron chi connectivity index (χ2n) is 2.87. The van der Waals surface area contributed by atoms with Crippen molar-refractivity contribution in [2.75, 3.05) is 6.54 Å². The molecule has 2 nitrogen and oxygen atoms in total. The number of thiazole rings is 1. The van der Waals surface area contributed by atoms with E-state index in [1.54, 1.807) is 11.3 Å². The van der Waals surface area contributed by atoms with Crippen LogP contribution < -0.4 is 5.73 Å². The fourth-order valence-electron chi connectivity index (χ4n) is 1.05. The van der Waals surface area contributed by atoms with Crippen LogP contribution in [-0.4, -0.2) is 11.5 Å². The lowest BCUT2D eigenvalue weighted by atomic mass is 10.2. The Morgan fingerprint density at radius 2 is 2.33 bits per heavy atom. The molecule has 0 atom stereocenters. The van der Waals surface area contributed by atoms with E-state index in [9.17, 15) is 0 Å². The first kappa shape index (κ1) is 9.68. The van der Waals surface area contributed by atoms with Crippen molar-refractivity contribution in [1.82, 2.24) is 4.98 Å². The van der Waals surface area contributed by atoms with Gasteiger partial charge in [-0.25, -0.2) is 4.98 Å². The highest BCUT2D eigenvalue weighted by molar-refractivity contribution is 7.09. The molecule has 1 heterocycles. The van der Waals surface area contributed by atoms with Crippen molar-refractivity contribution in [3.05, 3.63) is 16.1 Å². The summed E-state index contributed by atoms with van der Waals surface area (Å²) < 4.78 is 0. The molecular weight excluding hydrogens is 168 g/mol. The number of nitrogens with two attached hydrogens (primary N) is 1. The van der Waals surface area contributed by atoms with Crippen molar-refractivity contribution >= 4 is 11.3 Å². The van der Waals surface area contributed by atoms with Crippen molar-refractivity contribution in [2.24, 2.45) is 5.73 Å². The van der Waals surface area contributed by atoms with Crippen LogP contribution in [0.3, 0.4) is 0 Å². The van der Waals surface area contributed by atoms with E-state index in [-0.39, 0.29) is 0 Å². The molecule has 0 radical (unpaired) electrons. The fourth-order valence-corrected chi connectivity index (χ4v) is 1.93. The summed E-state index contributed by atoms with van der Waals surface area (Å²) in [6.45, 7) is 2.91. The lowest BCUT2D eigenvalue weighted by Crippen LogP contribution is -2.02. The number of rotatable bonds is 5. The van der Waals surface area contributed by atoms with Crippen molar-refractivity contribution in [2.45, 2.75) is 32.6 Å². The maximum atomic E-state index is 5.43. The lowest BCUT2D eigenvalue weighted by Gasteiger charge is -1.91. The third kappa shape index (κ3) is 2.91. The Labute approximate surface area is 77.8 Å². The number of nitrogens with zero attached hydrogens (tertiary/aromatic N) is 1. The summed E-state index contributed by atoms with van der Waals surface area (Å²) >= 11 is 1.76. The molecule has 0 aromatic carbocycles. The Kier molecular flexibility index (Phi) is 4.25. The van der Waals surface area contributed by atoms with E-state index in [0.717, 1.165) is 18.5 Å². The fraction of sp³-hybridized carbons (Fsp3) is 0.667. The highest BCUT2D eigenvalue weighted by Gasteiger charge is 1.99. The van der Waals surface area contributed by atoms with Crippen molar-refractivity contribution in [3.8, 4) is 0 Å². The zero-order chi connectivity index (χ0) is 8.81. The van der Waals surface area contributed by atoms with Gasteiger partial charge in [0.2, 0.25) is 0 Å². The highest BCUT2D eigenvalue weighted by atomic mass is 32.1. The van der Waals surface area contributed by atoms with E-state index in [0.29, 0.717) is 6.54 Å². The minimum Gasteiger partial charge on any atom is -0.330 e. The SMILES string of the molecule is CCCCc1nc(CCN)cs1. The predicted molar refractivity (Wildman–Crippen MR) is 53.5 cm³/mol. The predicted octanol–water partition coefficient (Wildman–Crippen LogP) is 1.99. The van der Waals surface area contributed by atoms with Gasteiger partial charge in [0.25, 0.3) is 0 Å². The molecule has 3 heteroatoms. The molecule has 0 spiro atoms. The molecule has 0 aliphatic rings. The van der Waals surface area contributed by atoms with Crippen LogP contribution in [0.4, 0.5) is 0 Å². The average Bonchev–Trinajstić information content (AvgIpc) is 2.50. The summed E-state index contributed by atoms with van der Waals surface area (Å²) in [6.07, 6.45) is 4.54. The second kappa shape index (κ2) is 5.27. The quantitative estimate of drug-likeness (QED) is 0.760. The molecule has 1 rings (SSSR count). The number of aromatic nitrogens is 1. The molecule has 1 aromatic heterocycles. The number of aryl methyl sites for hydroxylation is 1. The molecule has 68 valence electrons. The largest absolute Gasteiger partial charge is 0.330 e. The van der Waals surface area contributed by atoms with E-state index < -0.39 is 0 Å². The molecule has 0 amide bonds. The van der Waals surface area contributed by atoms with E-state index in [2.05, 4.69) is 17.3 Å². The Bertz CT molecular complexity index is 220. The summed E-state index contributed by atoms with van der Waals surface area (Å²) in [7, 11) is 0. The van der Waals surface area contributed by atoms with Gasteiger partial charge in [-0.3, -0.25) is 0 Å². The van der Waals surface area contributed by atoms with Gasteiger partial charge in [-0.1, -0.05) is 13.3 Å². The maximum absolute atomic E-state index is 5.43. The first-order valence-corrected chi connectivity index (χ1v) is 5.38. The Morgan fingerprint density at radius 3 is 3.00 bits per heavy atom. The molecule has 2 N–H and O–H groups in total. The van der Waals surface area contributed by atoms with Gasteiger partial charge >= 0.3 is 0 Å². The smallest absolute Gasteiger partial charge is 0.0928 e. The molecule has 12 heavy (non-hydrogen) atoms. The molecular formula is C9H16N2S. The van der Waals surface area contributed by atoms with Crippen LogP contribution in [0.15, 0.2) is 5.38 Å². The summed E-state index contributed by atoms with van der Waals surface area (Å²) in [4.78, 5) is 4.48. The average molecular weight is 184 g/mol. The molecule has 1 aromatic rings. The minimum atomic E-state index is 0.705. The Balaban J connectivity index is 2.41. The second-order valence-corrected chi connectivity index (χ2v) is 3.82. The normalized spacial score (nSPS) is 10.5. The van der Waals surface area contributed by atoms with Gasteiger partial charge in [-0.15, -0.1) is 11.3 Å². The lowest BCUT2D eigenvalue weighted by molar-refractivity contribution is 0.784. The Hall–Kier alpha value is -0.410. The summed E-state index contributed by atoms with van der Waals surface area (Å²) in [6, 6.07) is 0. The Morgan fingerprint density at radius 1 is 1.50 bits per heavy atom. The van der Waals surface area contributed by atoms with Gasteiger partial charge in [-0.2, -0.15) is 0 Å². The first-order chi connectivity index (χ1) is 5.86. The van der Waals surface area contributed by atoms with Crippen LogP contribution in [0.5, 0.6) is 0 Å². The van der Waals surface area contributed by atoms with Gasteiger partial charge in [0, 0.05) is 11.8 Å². The zero-order valence-corrected chi connectivity index (χ0v) is 8.36. The van der Waals surface area contributed by atoms with Crippen molar-refractivity contribution in [1.29, 1.82) is 0 Å². The van der Waals surface area contributed by atoms with Crippen LogP contribution >= 0.6 is 11.3 Å². The van der Waals surface area contributed by atoms with Gasteiger partial charge in [0.05, 0.1) is 10.7 Å². The van der Waals surface area contributed by atoms with E-state index >= 15 is 0 Å². The molecule has 0 aliphatic heterocycles. The van der Waals surface area contributed by atoms with E-state index in [1.165, 1.54) is 17.8 Å². The first-order valence-electron chi connectivity index (χ1n) is 4.50. The molecule has 0 unspecified atom stereocenters. The number of unbranched alkanes of at least 4 members (excludes halogenated alkanes) is 1. The zero-order valence-electron chi connectivity index (χ0n) is 7.55. The van der Waals surface area contributed by atoms with Crippen molar-refractivity contribution < 1.29 is 0 Å². The minimum absolute atomic E-state index is 0.705. The summed E-state index contributed by atoms with van der Waals surface area (Å²) in [5, 5.41) is 3.39. The molecule has 0 saturated heterocycles. The van der Waals surface area contributed by atoms with Gasteiger partial charge in [0.1, 0.15) is 0 Å². The van der Waals surface area contributed by atoms with Crippen LogP contribution in [0, 0.1) is 0 Å². The van der Waals surface area contributed by atoms with E-state index in [1.807, 2.05) is 0 Å². The summed E-state index contributed by atoms with van der Waals surface area (Å²) in [5.41, 5.74) is 6.60. The number of hydrogen-bond donors (Lipinski definition) is 1. The summed E-state index contributed by atoms with van der Waals surface area (Å²) in [5.74, 6) is 0.